The number of piperidine rings is 4. The van der Waals surface area contributed by atoms with Crippen LogP contribution in [0.2, 0.25) is 0 Å². The molecule has 0 spiro atoms. The Hall–Kier alpha value is -9.40. The fourth-order valence-electron chi connectivity index (χ4n) is 23.9. The van der Waals surface area contributed by atoms with Gasteiger partial charge in [-0.3, -0.25) is 38.8 Å². The van der Waals surface area contributed by atoms with Crippen molar-refractivity contribution in [2.24, 2.45) is 23.7 Å². The van der Waals surface area contributed by atoms with Gasteiger partial charge >= 0.3 is 0 Å². The first-order valence-corrected chi connectivity index (χ1v) is 50.8. The zero-order chi connectivity index (χ0) is 153. The van der Waals surface area contributed by atoms with E-state index in [1.54, 1.807) is 71.6 Å². The molecular weight excluding hydrogens is 1890 g/mol. The fourth-order valence-corrected chi connectivity index (χ4v) is 23.9. The highest BCUT2D eigenvalue weighted by Crippen LogP contribution is 2.50. The van der Waals surface area contributed by atoms with Gasteiger partial charge in [-0.15, -0.1) is 40.8 Å². The van der Waals surface area contributed by atoms with Crippen molar-refractivity contribution in [3.8, 4) is 0 Å². The van der Waals surface area contributed by atoms with Gasteiger partial charge in [-0.05, 0) is 229 Å². The lowest BCUT2D eigenvalue weighted by molar-refractivity contribution is -0.131. The van der Waals surface area contributed by atoms with E-state index in [0.717, 1.165) is 32.1 Å². The highest BCUT2D eigenvalue weighted by molar-refractivity contribution is 5.81. The average Bonchev–Trinajstić information content (AvgIpc) is 1.05. The summed E-state index contributed by atoms with van der Waals surface area (Å²) < 4.78 is 574. The third-order valence-electron chi connectivity index (χ3n) is 31.1. The Balaban J connectivity index is 0.000000176. The van der Waals surface area contributed by atoms with Crippen LogP contribution in [0.15, 0.2) is 121 Å². The second kappa shape index (κ2) is 48.3. The number of hydrogen-bond donors (Lipinski definition) is 4. The largest absolute Gasteiger partial charge is 0.349 e. The van der Waals surface area contributed by atoms with Crippen molar-refractivity contribution in [1.29, 1.82) is 0 Å². The summed E-state index contributed by atoms with van der Waals surface area (Å²) in [6, 6.07) is 25.1. The first kappa shape index (κ1) is 59.2. The maximum atomic E-state index is 15.1. The minimum absolute atomic E-state index is 0.00938. The van der Waals surface area contributed by atoms with E-state index >= 15 is 17.6 Å². The molecule has 4 amide bonds. The maximum absolute atomic E-state index is 15.1. The van der Waals surface area contributed by atoms with Crippen molar-refractivity contribution in [3.63, 3.8) is 0 Å². The van der Waals surface area contributed by atoms with Crippen LogP contribution in [-0.2, 0) is 19.2 Å². The van der Waals surface area contributed by atoms with Crippen LogP contribution >= 0.6 is 0 Å². The number of nitrogens with one attached hydrogen (secondary N) is 4. The molecule has 4 aromatic heterocycles. The smallest absolute Gasteiger partial charge is 0.248 e. The van der Waals surface area contributed by atoms with Gasteiger partial charge in [0.1, 0.15) is 46.6 Å². The maximum Gasteiger partial charge on any atom is 0.248 e. The van der Waals surface area contributed by atoms with Crippen molar-refractivity contribution in [1.82, 2.24) is 99.9 Å². The minimum atomic E-state index is -5.22. The molecule has 8 saturated heterocycles. The molecule has 8 aromatic rings. The molecule has 0 radical (unpaired) electrons. The first-order valence-electron chi connectivity index (χ1n) is 78.8. The van der Waals surface area contributed by atoms with E-state index < -0.39 is 349 Å². The Kier molecular flexibility index (Phi) is 19.3. The van der Waals surface area contributed by atoms with E-state index in [2.05, 4.69) is 71.9 Å². The van der Waals surface area contributed by atoms with Crippen LogP contribution in [0.1, 0.15) is 503 Å². The van der Waals surface area contributed by atoms with Crippen LogP contribution < -0.4 is 21.3 Å². The summed E-state index contributed by atoms with van der Waals surface area (Å²) in [5.41, 5.74) is 2.24. The van der Waals surface area contributed by atoms with E-state index in [1.165, 1.54) is 33.7 Å². The summed E-state index contributed by atoms with van der Waals surface area (Å²) in [6.45, 7) is -39.3. The number of carbonyl (C=O) groups excluding carboxylic acids is 4. The van der Waals surface area contributed by atoms with Gasteiger partial charge in [0.15, 0.2) is 0 Å². The van der Waals surface area contributed by atoms with Gasteiger partial charge in [0.25, 0.3) is 0 Å². The molecule has 8 aliphatic heterocycles. The summed E-state index contributed by atoms with van der Waals surface area (Å²) in [7, 11) is 0. The van der Waals surface area contributed by atoms with Crippen molar-refractivity contribution < 1.29 is 131 Å². The summed E-state index contributed by atoms with van der Waals surface area (Å²) in [5, 5.41) is 41.3. The predicted octanol–water partition coefficient (Wildman–Crippen LogP) is 23.8. The first-order chi connectivity index (χ1) is 93.0. The van der Waals surface area contributed by atoms with Crippen LogP contribution in [-0.4, -0.2) is 200 Å². The Bertz CT molecular complexity index is 7940. The number of amides is 4. The van der Waals surface area contributed by atoms with Gasteiger partial charge in [-0.2, -0.15) is 0 Å². The monoisotopic (exact) mass is 2110 g/mol. The van der Waals surface area contributed by atoms with E-state index in [-0.39, 0.29) is 157 Å². The van der Waals surface area contributed by atoms with Crippen molar-refractivity contribution in [3.05, 3.63) is 190 Å². The normalized spacial score (nSPS) is 36.5. The van der Waals surface area contributed by atoms with Crippen LogP contribution in [0.4, 0.5) is 35.1 Å². The second-order valence-electron chi connectivity index (χ2n) is 40.6. The average molecular weight is 2110 g/mol. The molecule has 24 nitrogen and oxygen atoms in total. The number of aryl methyl sites for hydroxylation is 4. The topological polar surface area (TPSA) is 252 Å². The third kappa shape index (κ3) is 26.7. The Morgan fingerprint density at radius 3 is 0.757 bits per heavy atom. The van der Waals surface area contributed by atoms with Gasteiger partial charge in [0, 0.05) is 274 Å². The number of halogens is 8. The standard InChI is InChI=1S/4C29H41F2N5O/c4*1-19(2)27-34-33-20(3)36(27)25-17-23-9-10-24(18-25)35(23)16-13-26(21-7-5-4-6-8-21)32-28(37)22-11-14-29(30,31)15-12-22/h4*4-8,19,22-26H,9-18H2,1-3H3,(H,32,37)/i1D3,2D3,3D3,11D2,12D2,14D2,15D2,16D2;1D3,2D3,3D3,11D2,12D2,14D2,15D2;1D3,2D3,3D3,16D2;1D3,2D3,3D3. The summed E-state index contributed by atoms with van der Waals surface area (Å²) in [4.78, 5) is 61.8. The highest BCUT2D eigenvalue weighted by Gasteiger charge is 2.50. The fraction of sp³-hybridized carbons (Fsp3) is 0.690. The molecule has 20 rings (SSSR count). The van der Waals surface area contributed by atoms with E-state index in [4.69, 9.17) is 71.3 Å². The zero-order valence-corrected chi connectivity index (χ0v) is 81.4. The molecule has 4 saturated carbocycles. The lowest BCUT2D eigenvalue weighted by Gasteiger charge is -2.40. The number of nitrogens with zero attached hydrogens (tertiary/aromatic N) is 16. The van der Waals surface area contributed by atoms with E-state index in [0.29, 0.717) is 75.5 Å². The second-order valence-corrected chi connectivity index (χ2v) is 40.6. The molecule has 148 heavy (non-hydrogen) atoms. The van der Waals surface area contributed by atoms with Crippen LogP contribution in [0, 0.1) is 51.1 Å². The van der Waals surface area contributed by atoms with Gasteiger partial charge in [-0.1, -0.05) is 176 Å². The van der Waals surface area contributed by atoms with Crippen LogP contribution in [0.5, 0.6) is 0 Å². The third-order valence-corrected chi connectivity index (χ3v) is 31.1. The summed E-state index contributed by atoms with van der Waals surface area (Å²) >= 11 is 0. The Labute approximate surface area is 950 Å². The summed E-state index contributed by atoms with van der Waals surface area (Å²) in [5.74, 6) is -38.9. The number of hydrogen-bond acceptors (Lipinski definition) is 16. The SMILES string of the molecule is [2H]C([2H])([2H])c1nnc(C(C([2H])([2H])[2H])C([2H])([2H])[2H])n1C1CC2CCC(C1)N2C([2H])([2H])CC(NC(=O)C1C([2H])([2H])C([2H])([2H])C(F)(F)C([2H])([2H])C1([2H])[2H])c1ccccc1.[2H]C([2H])([2H])c1nnc(C(C([2H])([2H])[2H])C([2H])([2H])[2H])n1C1CC2CCC(C1)N2C([2H])([2H])CC(NC(=O)C1CCC(F)(F)CC1)c1ccccc1.[2H]C([2H])([2H])c1nnc(C(C([2H])([2H])[2H])C([2H])([2H])[2H])n1C1CC2CCC(C1)N2CCC(NC(=O)C1C([2H])([2H])C([2H])([2H])C(F)(F)C([2H])([2H])C1([2H])[2H])c1ccccc1.[2H]C([2H])([2H])c1nnc(C(C([2H])([2H])[2H])C([2H])([2H])[2H])n1C1CC2CCC(C1)N2CCC(NC(=O)C1CCC(F)(F)CC1)c1ccccc1. The molecule has 12 fully saturated rings. The van der Waals surface area contributed by atoms with Gasteiger partial charge < -0.3 is 39.5 Å². The van der Waals surface area contributed by atoms with Crippen molar-refractivity contribution >= 4 is 23.6 Å². The molecule has 12 aliphatic rings. The number of fused-ring (bicyclic) bond motifs is 8. The lowest BCUT2D eigenvalue weighted by atomic mass is 9.86. The summed E-state index contributed by atoms with van der Waals surface area (Å²) in [6.07, 6.45) is -27.6. The van der Waals surface area contributed by atoms with Gasteiger partial charge in [0.2, 0.25) is 47.3 Å². The Morgan fingerprint density at radius 2 is 0.527 bits per heavy atom. The molecule has 8 bridgehead atoms. The van der Waals surface area contributed by atoms with E-state index in [9.17, 15) is 42.2 Å². The zero-order valence-electron chi connectivity index (χ0n) is 137. The molecule has 4 N–H and O–H groups in total. The Morgan fingerprint density at radius 1 is 0.304 bits per heavy atom. The molecule has 4 aromatic carbocycles. The number of rotatable bonds is 32. The van der Waals surface area contributed by atoms with Crippen molar-refractivity contribution in [2.45, 2.75) is 457 Å². The minimum Gasteiger partial charge on any atom is -0.349 e. The predicted molar refractivity (Wildman–Crippen MR) is 558 cm³/mol. The van der Waals surface area contributed by atoms with Crippen LogP contribution in [0.25, 0.3) is 0 Å². The number of alkyl halides is 8. The highest BCUT2D eigenvalue weighted by atomic mass is 19.3. The molecule has 12 atom stereocenters. The molecule has 808 valence electrons. The lowest BCUT2D eigenvalue weighted by Crippen LogP contribution is -2.45. The van der Waals surface area contributed by atoms with Crippen LogP contribution in [0.3, 0.4) is 0 Å². The molecular formula is C116H164F8N20O4. The number of aromatic nitrogens is 12. The molecule has 4 aliphatic carbocycles. The van der Waals surface area contributed by atoms with Gasteiger partial charge in [0.05, 0.1) is 24.2 Å². The van der Waals surface area contributed by atoms with E-state index in [1.807, 2.05) is 30.3 Å². The quantitative estimate of drug-likeness (QED) is 0.0286. The number of carbonyl (C=O) groups is 4. The van der Waals surface area contributed by atoms with Crippen molar-refractivity contribution in [2.75, 3.05) is 26.1 Å². The van der Waals surface area contributed by atoms with Gasteiger partial charge in [-0.25, -0.2) is 35.1 Å². The number of benzene rings is 4. The molecule has 32 heteroatoms. The molecule has 12 heterocycles. The molecule has 12 unspecified atom stereocenters.